The zero-order chi connectivity index (χ0) is 25.8. The second kappa shape index (κ2) is 10.5. The van der Waals surface area contributed by atoms with E-state index in [1.54, 1.807) is 12.1 Å². The van der Waals surface area contributed by atoms with Gasteiger partial charge < -0.3 is 20.5 Å². The Morgan fingerprint density at radius 3 is 2.58 bits per heavy atom. The number of imidazole rings is 1. The van der Waals surface area contributed by atoms with E-state index in [4.69, 9.17) is 25.9 Å². The van der Waals surface area contributed by atoms with Gasteiger partial charge in [0, 0.05) is 23.5 Å². The predicted octanol–water partition coefficient (Wildman–Crippen LogP) is 3.65. The number of hydrogen-bond acceptors (Lipinski definition) is 7. The number of primary amides is 1. The van der Waals surface area contributed by atoms with Crippen LogP contribution in [0.5, 0.6) is 11.5 Å². The van der Waals surface area contributed by atoms with Gasteiger partial charge in [-0.2, -0.15) is 0 Å². The van der Waals surface area contributed by atoms with Crippen molar-refractivity contribution >= 4 is 29.3 Å². The summed E-state index contributed by atoms with van der Waals surface area (Å²) in [5.41, 5.74) is 17.1. The highest BCUT2D eigenvalue weighted by atomic mass is 16.5. The number of anilines is 2. The van der Waals surface area contributed by atoms with Gasteiger partial charge in [0.15, 0.2) is 12.9 Å². The van der Waals surface area contributed by atoms with E-state index in [9.17, 15) is 9.59 Å². The Morgan fingerprint density at radius 1 is 1.17 bits per heavy atom. The molecule has 1 amide bonds. The molecule has 5 N–H and O–H groups in total. The normalized spacial score (nSPS) is 11.8. The summed E-state index contributed by atoms with van der Waals surface area (Å²) in [5, 5.41) is 3.59. The molecule has 0 saturated heterocycles. The third kappa shape index (κ3) is 5.01. The number of amides is 1. The maximum absolute atomic E-state index is 11.6. The van der Waals surface area contributed by atoms with Gasteiger partial charge >= 0.3 is 0 Å². The van der Waals surface area contributed by atoms with Crippen molar-refractivity contribution < 1.29 is 19.1 Å². The van der Waals surface area contributed by atoms with Gasteiger partial charge in [0.1, 0.15) is 28.7 Å². The summed E-state index contributed by atoms with van der Waals surface area (Å²) in [4.78, 5) is 27.6. The molecule has 0 aliphatic carbocycles. The fourth-order valence-corrected chi connectivity index (χ4v) is 4.13. The maximum Gasteiger partial charge on any atom is 0.255 e. The molecule has 1 unspecified atom stereocenters. The van der Waals surface area contributed by atoms with E-state index < -0.39 is 12.1 Å². The van der Waals surface area contributed by atoms with Crippen LogP contribution in [-0.2, 0) is 16.0 Å². The minimum atomic E-state index is -1.14. The summed E-state index contributed by atoms with van der Waals surface area (Å²) in [6.07, 6.45) is 1.88. The van der Waals surface area contributed by atoms with E-state index >= 15 is 0 Å². The summed E-state index contributed by atoms with van der Waals surface area (Å²) in [5.74, 6) is 0.788. The van der Waals surface area contributed by atoms with Crippen LogP contribution in [-0.4, -0.2) is 34.4 Å². The number of fused-ring (bicyclic) bond motifs is 1. The van der Waals surface area contributed by atoms with Crippen LogP contribution in [0.1, 0.15) is 23.6 Å². The van der Waals surface area contributed by atoms with Crippen LogP contribution < -0.4 is 26.3 Å². The van der Waals surface area contributed by atoms with E-state index in [0.29, 0.717) is 35.5 Å². The van der Waals surface area contributed by atoms with E-state index in [-0.39, 0.29) is 6.61 Å². The lowest BCUT2D eigenvalue weighted by Crippen LogP contribution is -2.28. The molecular weight excluding hydrogens is 458 g/mol. The van der Waals surface area contributed by atoms with Gasteiger partial charge in [0.2, 0.25) is 6.23 Å². The Bertz CT molecular complexity index is 1410. The third-order valence-corrected chi connectivity index (χ3v) is 5.81. The highest BCUT2D eigenvalue weighted by Crippen LogP contribution is 2.42. The standard InChI is InChI=1S/C27H29N5O4/c1-4-18-12-19(36-22(29)14-33)13-20(35-15-21(28)34)24(18)26-27(32-11-6-5-10-23(32)30-26)31-25-16(2)8-7-9-17(25)3/h5-14,22,31H,4,15,29H2,1-3H3,(H2,28,34). The van der Waals surface area contributed by atoms with Crippen molar-refractivity contribution in [1.82, 2.24) is 9.38 Å². The highest BCUT2D eigenvalue weighted by Gasteiger charge is 2.23. The van der Waals surface area contributed by atoms with Gasteiger partial charge in [-0.05, 0) is 55.2 Å². The Hall–Kier alpha value is -4.37. The number of hydrogen-bond donors (Lipinski definition) is 3. The molecule has 2 aromatic carbocycles. The largest absolute Gasteiger partial charge is 0.483 e. The molecule has 2 aromatic heterocycles. The first-order valence-corrected chi connectivity index (χ1v) is 11.6. The van der Waals surface area contributed by atoms with Crippen LogP contribution in [0.3, 0.4) is 0 Å². The molecule has 36 heavy (non-hydrogen) atoms. The summed E-state index contributed by atoms with van der Waals surface area (Å²) in [6.45, 7) is 5.72. The number of nitrogens with zero attached hydrogens (tertiary/aromatic N) is 2. The molecular formula is C27H29N5O4. The number of nitrogens with two attached hydrogens (primary N) is 2. The van der Waals surface area contributed by atoms with Crippen LogP contribution in [0, 0.1) is 13.8 Å². The minimum Gasteiger partial charge on any atom is -0.483 e. The van der Waals surface area contributed by atoms with E-state index in [1.807, 2.05) is 67.8 Å². The van der Waals surface area contributed by atoms with E-state index in [2.05, 4.69) is 5.32 Å². The quantitative estimate of drug-likeness (QED) is 0.230. The topological polar surface area (TPSA) is 134 Å². The van der Waals surface area contributed by atoms with Gasteiger partial charge in [-0.1, -0.05) is 31.2 Å². The number of pyridine rings is 1. The zero-order valence-electron chi connectivity index (χ0n) is 20.4. The van der Waals surface area contributed by atoms with Gasteiger partial charge in [-0.3, -0.25) is 19.7 Å². The first kappa shape index (κ1) is 24.7. The number of rotatable bonds is 10. The van der Waals surface area contributed by atoms with Crippen LogP contribution in [0.15, 0.2) is 54.7 Å². The van der Waals surface area contributed by atoms with Gasteiger partial charge in [-0.25, -0.2) is 4.98 Å². The highest BCUT2D eigenvalue weighted by molar-refractivity contribution is 5.86. The molecule has 0 saturated carbocycles. The number of aldehydes is 1. The Labute approximate surface area is 209 Å². The van der Waals surface area contributed by atoms with Crippen LogP contribution >= 0.6 is 0 Å². The number of aromatic nitrogens is 2. The van der Waals surface area contributed by atoms with Crippen molar-refractivity contribution in [1.29, 1.82) is 0 Å². The summed E-state index contributed by atoms with van der Waals surface area (Å²) in [6, 6.07) is 15.2. The molecule has 0 bridgehead atoms. The lowest BCUT2D eigenvalue weighted by Gasteiger charge is -2.19. The van der Waals surface area contributed by atoms with Crippen LogP contribution in [0.25, 0.3) is 16.9 Å². The molecule has 0 radical (unpaired) electrons. The molecule has 0 fully saturated rings. The van der Waals surface area contributed by atoms with Crippen molar-refractivity contribution in [2.45, 2.75) is 33.4 Å². The van der Waals surface area contributed by atoms with Gasteiger partial charge in [0.25, 0.3) is 5.91 Å². The summed E-state index contributed by atoms with van der Waals surface area (Å²) < 4.78 is 13.3. The fourth-order valence-electron chi connectivity index (χ4n) is 4.13. The zero-order valence-corrected chi connectivity index (χ0v) is 20.4. The first-order chi connectivity index (χ1) is 17.3. The Morgan fingerprint density at radius 2 is 1.92 bits per heavy atom. The molecule has 9 heteroatoms. The number of carbonyl (C=O) groups excluding carboxylic acids is 2. The fraction of sp³-hybridized carbons (Fsp3) is 0.222. The second-order valence-electron chi connectivity index (χ2n) is 8.41. The molecule has 0 aliphatic heterocycles. The monoisotopic (exact) mass is 487 g/mol. The average Bonchev–Trinajstić information content (AvgIpc) is 3.22. The molecule has 0 aliphatic rings. The van der Waals surface area contributed by atoms with E-state index in [1.165, 1.54) is 0 Å². The molecule has 9 nitrogen and oxygen atoms in total. The average molecular weight is 488 g/mol. The third-order valence-electron chi connectivity index (χ3n) is 5.81. The van der Waals surface area contributed by atoms with Gasteiger partial charge in [0.05, 0.1) is 0 Å². The van der Waals surface area contributed by atoms with Crippen molar-refractivity contribution in [3.05, 3.63) is 71.4 Å². The van der Waals surface area contributed by atoms with Crippen LogP contribution in [0.4, 0.5) is 11.5 Å². The van der Waals surface area contributed by atoms with Crippen molar-refractivity contribution in [3.63, 3.8) is 0 Å². The van der Waals surface area contributed by atoms with Crippen LogP contribution in [0.2, 0.25) is 0 Å². The number of benzene rings is 2. The minimum absolute atomic E-state index is 0.336. The molecule has 2 heterocycles. The smallest absolute Gasteiger partial charge is 0.255 e. The SMILES string of the molecule is CCc1cc(OC(N)C=O)cc(OCC(N)=O)c1-c1nc2ccccn2c1Nc1c(C)cccc1C. The predicted molar refractivity (Wildman–Crippen MR) is 139 cm³/mol. The molecule has 1 atom stereocenters. The number of nitrogens with one attached hydrogen (secondary N) is 1. The lowest BCUT2D eigenvalue weighted by atomic mass is 10.00. The van der Waals surface area contributed by atoms with Crippen molar-refractivity contribution in [2.24, 2.45) is 11.5 Å². The Kier molecular flexibility index (Phi) is 7.21. The first-order valence-electron chi connectivity index (χ1n) is 11.6. The summed E-state index contributed by atoms with van der Waals surface area (Å²) in [7, 11) is 0. The van der Waals surface area contributed by atoms with Crippen molar-refractivity contribution in [2.75, 3.05) is 11.9 Å². The number of carbonyl (C=O) groups is 2. The van der Waals surface area contributed by atoms with Crippen molar-refractivity contribution in [3.8, 4) is 22.8 Å². The molecule has 4 rings (SSSR count). The summed E-state index contributed by atoms with van der Waals surface area (Å²) >= 11 is 0. The number of para-hydroxylation sites is 1. The number of aryl methyl sites for hydroxylation is 3. The van der Waals surface area contributed by atoms with E-state index in [0.717, 1.165) is 33.8 Å². The van der Waals surface area contributed by atoms with Gasteiger partial charge in [-0.15, -0.1) is 0 Å². The number of ether oxygens (including phenoxy) is 2. The Balaban J connectivity index is 1.96. The molecule has 4 aromatic rings. The molecule has 0 spiro atoms. The maximum atomic E-state index is 11.6. The lowest BCUT2D eigenvalue weighted by molar-refractivity contribution is -0.120. The second-order valence-corrected chi connectivity index (χ2v) is 8.41. The molecule has 186 valence electrons.